The Balaban J connectivity index is 1.47. The second kappa shape index (κ2) is 9.95. The SMILES string of the molecule is CCOc1ccccc1Oc1coc2cc(OCC(=O)N3C[C@@H](C)O[C@H](C)C3)ccc2c1=O. The molecular weight excluding hydrogens is 426 g/mol. The quantitative estimate of drug-likeness (QED) is 0.534. The number of morpholine rings is 1. The molecular formula is C25H27NO7. The van der Waals surface area contributed by atoms with Crippen LogP contribution in [0.2, 0.25) is 0 Å². The lowest BCUT2D eigenvalue weighted by Crippen LogP contribution is -2.49. The molecule has 1 fully saturated rings. The van der Waals surface area contributed by atoms with Crippen molar-refractivity contribution in [3.05, 3.63) is 59.0 Å². The van der Waals surface area contributed by atoms with Gasteiger partial charge in [0.2, 0.25) is 11.2 Å². The van der Waals surface area contributed by atoms with Gasteiger partial charge in [0.25, 0.3) is 5.91 Å². The number of carbonyl (C=O) groups is 1. The normalized spacial score (nSPS) is 18.2. The van der Waals surface area contributed by atoms with Crippen LogP contribution in [0.25, 0.3) is 11.0 Å². The topological polar surface area (TPSA) is 87.4 Å². The van der Waals surface area contributed by atoms with Crippen LogP contribution in [0.4, 0.5) is 0 Å². The van der Waals surface area contributed by atoms with Gasteiger partial charge in [0.15, 0.2) is 18.1 Å². The van der Waals surface area contributed by atoms with Crippen LogP contribution in [0.5, 0.6) is 23.0 Å². The molecule has 174 valence electrons. The number of fused-ring (bicyclic) bond motifs is 1. The second-order valence-electron chi connectivity index (χ2n) is 7.91. The summed E-state index contributed by atoms with van der Waals surface area (Å²) in [5.41, 5.74) is 0.0190. The standard InChI is InChI=1S/C25H27NO7/c1-4-29-20-7-5-6-8-21(20)33-23-14-31-22-11-18(9-10-19(22)25(23)28)30-15-24(27)26-12-16(2)32-17(3)13-26/h5-11,14,16-17H,4,12-13,15H2,1-3H3/t16-,17-/m1/s1. The Morgan fingerprint density at radius 2 is 1.76 bits per heavy atom. The number of benzene rings is 2. The highest BCUT2D eigenvalue weighted by Gasteiger charge is 2.26. The summed E-state index contributed by atoms with van der Waals surface area (Å²) in [6.07, 6.45) is 1.24. The third kappa shape index (κ3) is 5.28. The van der Waals surface area contributed by atoms with Gasteiger partial charge in [0, 0.05) is 19.2 Å². The van der Waals surface area contributed by atoms with E-state index < -0.39 is 0 Å². The molecule has 2 aromatic carbocycles. The maximum atomic E-state index is 12.9. The lowest BCUT2D eigenvalue weighted by atomic mass is 10.2. The van der Waals surface area contributed by atoms with E-state index in [0.29, 0.717) is 47.9 Å². The van der Waals surface area contributed by atoms with Crippen LogP contribution in [0.15, 0.2) is 57.9 Å². The smallest absolute Gasteiger partial charge is 0.260 e. The Bertz CT molecular complexity index is 1180. The minimum absolute atomic E-state index is 0.00967. The summed E-state index contributed by atoms with van der Waals surface area (Å²) in [6.45, 7) is 7.19. The number of ether oxygens (including phenoxy) is 4. The number of nitrogens with zero attached hydrogens (tertiary/aromatic N) is 1. The van der Waals surface area contributed by atoms with Crippen molar-refractivity contribution in [1.82, 2.24) is 4.90 Å². The summed E-state index contributed by atoms with van der Waals surface area (Å²) in [7, 11) is 0. The molecule has 33 heavy (non-hydrogen) atoms. The van der Waals surface area contributed by atoms with E-state index in [1.165, 1.54) is 6.26 Å². The lowest BCUT2D eigenvalue weighted by Gasteiger charge is -2.35. The third-order valence-electron chi connectivity index (χ3n) is 5.22. The van der Waals surface area contributed by atoms with E-state index in [1.54, 1.807) is 41.3 Å². The van der Waals surface area contributed by atoms with Gasteiger partial charge in [0.1, 0.15) is 17.6 Å². The van der Waals surface area contributed by atoms with E-state index in [9.17, 15) is 9.59 Å². The van der Waals surface area contributed by atoms with Crippen molar-refractivity contribution in [3.8, 4) is 23.0 Å². The maximum Gasteiger partial charge on any atom is 0.260 e. The molecule has 0 unspecified atom stereocenters. The first-order valence-corrected chi connectivity index (χ1v) is 11.0. The van der Waals surface area contributed by atoms with Gasteiger partial charge in [-0.3, -0.25) is 9.59 Å². The Kier molecular flexibility index (Phi) is 6.84. The average molecular weight is 453 g/mol. The molecule has 1 saturated heterocycles. The fraction of sp³-hybridized carbons (Fsp3) is 0.360. The van der Waals surface area contributed by atoms with Crippen LogP contribution >= 0.6 is 0 Å². The fourth-order valence-corrected chi connectivity index (χ4v) is 3.80. The zero-order valence-electron chi connectivity index (χ0n) is 18.9. The molecule has 4 rings (SSSR count). The van der Waals surface area contributed by atoms with Crippen molar-refractivity contribution in [3.63, 3.8) is 0 Å². The summed E-state index contributed by atoms with van der Waals surface area (Å²) >= 11 is 0. The largest absolute Gasteiger partial charge is 0.490 e. The van der Waals surface area contributed by atoms with Gasteiger partial charge in [-0.1, -0.05) is 12.1 Å². The molecule has 1 amide bonds. The minimum Gasteiger partial charge on any atom is -0.490 e. The fourth-order valence-electron chi connectivity index (χ4n) is 3.80. The number of para-hydroxylation sites is 2. The van der Waals surface area contributed by atoms with Gasteiger partial charge in [-0.15, -0.1) is 0 Å². The molecule has 0 saturated carbocycles. The molecule has 0 radical (unpaired) electrons. The first-order valence-electron chi connectivity index (χ1n) is 11.0. The number of amides is 1. The van der Waals surface area contributed by atoms with Gasteiger partial charge >= 0.3 is 0 Å². The lowest BCUT2D eigenvalue weighted by molar-refractivity contribution is -0.145. The zero-order chi connectivity index (χ0) is 23.4. The molecule has 1 aliphatic rings. The minimum atomic E-state index is -0.318. The first-order chi connectivity index (χ1) is 15.9. The average Bonchev–Trinajstić information content (AvgIpc) is 2.80. The molecule has 0 N–H and O–H groups in total. The number of hydrogen-bond acceptors (Lipinski definition) is 7. The van der Waals surface area contributed by atoms with Crippen LogP contribution in [0.3, 0.4) is 0 Å². The van der Waals surface area contributed by atoms with Crippen LogP contribution in [0.1, 0.15) is 20.8 Å². The van der Waals surface area contributed by atoms with Crippen LogP contribution in [0, 0.1) is 0 Å². The van der Waals surface area contributed by atoms with Crippen LogP contribution < -0.4 is 19.6 Å². The van der Waals surface area contributed by atoms with Gasteiger partial charge in [0.05, 0.1) is 24.2 Å². The molecule has 0 aliphatic carbocycles. The van der Waals surface area contributed by atoms with E-state index >= 15 is 0 Å². The van der Waals surface area contributed by atoms with Gasteiger partial charge in [-0.25, -0.2) is 0 Å². The van der Waals surface area contributed by atoms with Gasteiger partial charge in [-0.05, 0) is 45.0 Å². The molecule has 3 aromatic rings. The summed E-state index contributed by atoms with van der Waals surface area (Å²) in [6, 6.07) is 11.9. The number of hydrogen-bond donors (Lipinski definition) is 0. The highest BCUT2D eigenvalue weighted by molar-refractivity contribution is 5.80. The summed E-state index contributed by atoms with van der Waals surface area (Å²) in [4.78, 5) is 27.2. The predicted molar refractivity (Wildman–Crippen MR) is 122 cm³/mol. The van der Waals surface area contributed by atoms with Crippen molar-refractivity contribution in [2.45, 2.75) is 33.0 Å². The van der Waals surface area contributed by atoms with Crippen molar-refractivity contribution >= 4 is 16.9 Å². The number of carbonyl (C=O) groups excluding carboxylic acids is 1. The summed E-state index contributed by atoms with van der Waals surface area (Å²) in [5.74, 6) is 1.33. The Hall–Kier alpha value is -3.52. The van der Waals surface area contributed by atoms with E-state index in [4.69, 9.17) is 23.4 Å². The molecule has 0 bridgehead atoms. The number of rotatable bonds is 7. The molecule has 2 atom stereocenters. The molecule has 8 heteroatoms. The second-order valence-corrected chi connectivity index (χ2v) is 7.91. The Labute approximate surface area is 191 Å². The van der Waals surface area contributed by atoms with E-state index in [0.717, 1.165) is 0 Å². The van der Waals surface area contributed by atoms with E-state index in [-0.39, 0.29) is 35.9 Å². The summed E-state index contributed by atoms with van der Waals surface area (Å²) in [5, 5.41) is 0.343. The summed E-state index contributed by atoms with van der Waals surface area (Å²) < 4.78 is 28.3. The molecule has 2 heterocycles. The maximum absolute atomic E-state index is 12.9. The molecule has 1 aromatic heterocycles. The highest BCUT2D eigenvalue weighted by Crippen LogP contribution is 2.31. The molecule has 8 nitrogen and oxygen atoms in total. The van der Waals surface area contributed by atoms with Crippen LogP contribution in [-0.4, -0.2) is 49.3 Å². The Morgan fingerprint density at radius 3 is 2.48 bits per heavy atom. The monoisotopic (exact) mass is 453 g/mol. The Morgan fingerprint density at radius 1 is 1.03 bits per heavy atom. The zero-order valence-corrected chi connectivity index (χ0v) is 18.9. The first kappa shape index (κ1) is 22.7. The van der Waals surface area contributed by atoms with Crippen molar-refractivity contribution in [2.75, 3.05) is 26.3 Å². The van der Waals surface area contributed by atoms with E-state index in [2.05, 4.69) is 0 Å². The van der Waals surface area contributed by atoms with Crippen molar-refractivity contribution in [1.29, 1.82) is 0 Å². The van der Waals surface area contributed by atoms with Gasteiger partial charge < -0.3 is 28.3 Å². The predicted octanol–water partition coefficient (Wildman–Crippen LogP) is 4.00. The van der Waals surface area contributed by atoms with Crippen molar-refractivity contribution < 1.29 is 28.2 Å². The van der Waals surface area contributed by atoms with E-state index in [1.807, 2.05) is 26.8 Å². The highest BCUT2D eigenvalue weighted by atomic mass is 16.5. The van der Waals surface area contributed by atoms with Crippen LogP contribution in [-0.2, 0) is 9.53 Å². The van der Waals surface area contributed by atoms with Gasteiger partial charge in [-0.2, -0.15) is 0 Å². The van der Waals surface area contributed by atoms with Crippen molar-refractivity contribution in [2.24, 2.45) is 0 Å². The molecule has 1 aliphatic heterocycles. The third-order valence-corrected chi connectivity index (χ3v) is 5.22. The molecule has 0 spiro atoms.